The molecular formula is C15H8N2. The summed E-state index contributed by atoms with van der Waals surface area (Å²) in [5, 5.41) is 18.0. The van der Waals surface area contributed by atoms with Crippen LogP contribution < -0.4 is 0 Å². The minimum atomic E-state index is 0.676. The van der Waals surface area contributed by atoms with Gasteiger partial charge in [-0.05, 0) is 41.3 Å². The SMILES string of the molecule is N#Cc1ccc2c(c1)Cc1cccc(C#N)c1-2. The lowest BCUT2D eigenvalue weighted by Gasteiger charge is -2.02. The first-order valence-electron chi connectivity index (χ1n) is 5.39. The molecule has 2 aromatic rings. The highest BCUT2D eigenvalue weighted by molar-refractivity contribution is 5.81. The van der Waals surface area contributed by atoms with Gasteiger partial charge >= 0.3 is 0 Å². The first-order chi connectivity index (χ1) is 8.33. The van der Waals surface area contributed by atoms with Crippen LogP contribution in [0.25, 0.3) is 11.1 Å². The average Bonchev–Trinajstić information content (AvgIpc) is 2.75. The summed E-state index contributed by atoms with van der Waals surface area (Å²) < 4.78 is 0. The molecular weight excluding hydrogens is 208 g/mol. The Morgan fingerprint density at radius 2 is 1.82 bits per heavy atom. The Balaban J connectivity index is 2.29. The summed E-state index contributed by atoms with van der Waals surface area (Å²) in [5.74, 6) is 0. The topological polar surface area (TPSA) is 47.6 Å². The smallest absolute Gasteiger partial charge is 0.0998 e. The average molecular weight is 216 g/mol. The van der Waals surface area contributed by atoms with Crippen LogP contribution in [0, 0.1) is 22.7 Å². The second kappa shape index (κ2) is 3.47. The zero-order valence-corrected chi connectivity index (χ0v) is 9.07. The van der Waals surface area contributed by atoms with E-state index < -0.39 is 0 Å². The fraction of sp³-hybridized carbons (Fsp3) is 0.0667. The van der Waals surface area contributed by atoms with Gasteiger partial charge < -0.3 is 0 Å². The maximum absolute atomic E-state index is 9.13. The molecule has 1 aliphatic rings. The molecule has 0 atom stereocenters. The molecule has 78 valence electrons. The van der Waals surface area contributed by atoms with Crippen molar-refractivity contribution in [2.75, 3.05) is 0 Å². The van der Waals surface area contributed by atoms with Gasteiger partial charge in [-0.2, -0.15) is 10.5 Å². The summed E-state index contributed by atoms with van der Waals surface area (Å²) >= 11 is 0. The minimum Gasteiger partial charge on any atom is -0.192 e. The maximum atomic E-state index is 9.13. The van der Waals surface area contributed by atoms with E-state index in [0.29, 0.717) is 11.1 Å². The molecule has 2 heteroatoms. The summed E-state index contributed by atoms with van der Waals surface area (Å²) in [7, 11) is 0. The van der Waals surface area contributed by atoms with Crippen molar-refractivity contribution in [3.05, 3.63) is 58.7 Å². The highest BCUT2D eigenvalue weighted by Gasteiger charge is 2.21. The Bertz CT molecular complexity index is 700. The van der Waals surface area contributed by atoms with E-state index in [1.807, 2.05) is 36.4 Å². The van der Waals surface area contributed by atoms with E-state index in [-0.39, 0.29) is 0 Å². The molecule has 0 spiro atoms. The molecule has 0 unspecified atom stereocenters. The Labute approximate surface area is 99.4 Å². The van der Waals surface area contributed by atoms with Crippen LogP contribution in [0.5, 0.6) is 0 Å². The molecule has 0 saturated heterocycles. The highest BCUT2D eigenvalue weighted by Crippen LogP contribution is 2.38. The first kappa shape index (κ1) is 9.63. The molecule has 0 fully saturated rings. The van der Waals surface area contributed by atoms with E-state index in [0.717, 1.165) is 23.1 Å². The van der Waals surface area contributed by atoms with Crippen LogP contribution >= 0.6 is 0 Å². The van der Waals surface area contributed by atoms with E-state index in [1.165, 1.54) is 5.56 Å². The number of nitrogens with zero attached hydrogens (tertiary/aromatic N) is 2. The first-order valence-corrected chi connectivity index (χ1v) is 5.39. The van der Waals surface area contributed by atoms with Gasteiger partial charge in [-0.15, -0.1) is 0 Å². The van der Waals surface area contributed by atoms with Crippen LogP contribution in [-0.4, -0.2) is 0 Å². The fourth-order valence-electron chi connectivity index (χ4n) is 2.42. The third-order valence-corrected chi connectivity index (χ3v) is 3.16. The number of nitriles is 2. The van der Waals surface area contributed by atoms with Gasteiger partial charge in [-0.25, -0.2) is 0 Å². The number of hydrogen-bond acceptors (Lipinski definition) is 2. The van der Waals surface area contributed by atoms with Gasteiger partial charge in [0.25, 0.3) is 0 Å². The molecule has 1 aliphatic carbocycles. The van der Waals surface area contributed by atoms with Gasteiger partial charge in [0, 0.05) is 5.56 Å². The molecule has 0 radical (unpaired) electrons. The summed E-state index contributed by atoms with van der Waals surface area (Å²) in [5.41, 5.74) is 5.84. The normalized spacial score (nSPS) is 11.2. The predicted octanol–water partition coefficient (Wildman–Crippen LogP) is 3.00. The van der Waals surface area contributed by atoms with Crippen LogP contribution in [0.2, 0.25) is 0 Å². The van der Waals surface area contributed by atoms with E-state index in [4.69, 9.17) is 10.5 Å². The molecule has 0 N–H and O–H groups in total. The minimum absolute atomic E-state index is 0.676. The van der Waals surface area contributed by atoms with Crippen LogP contribution in [0.1, 0.15) is 22.3 Å². The third-order valence-electron chi connectivity index (χ3n) is 3.16. The second-order valence-electron chi connectivity index (χ2n) is 4.11. The molecule has 0 bridgehead atoms. The van der Waals surface area contributed by atoms with Crippen LogP contribution in [0.15, 0.2) is 36.4 Å². The van der Waals surface area contributed by atoms with E-state index >= 15 is 0 Å². The van der Waals surface area contributed by atoms with Crippen molar-refractivity contribution in [2.24, 2.45) is 0 Å². The highest BCUT2D eigenvalue weighted by atomic mass is 14.3. The molecule has 0 saturated carbocycles. The molecule has 0 amide bonds. The Hall–Kier alpha value is -2.58. The van der Waals surface area contributed by atoms with Crippen LogP contribution in [0.4, 0.5) is 0 Å². The van der Waals surface area contributed by atoms with Gasteiger partial charge in [0.15, 0.2) is 0 Å². The van der Waals surface area contributed by atoms with Gasteiger partial charge in [-0.3, -0.25) is 0 Å². The van der Waals surface area contributed by atoms with Crippen LogP contribution in [-0.2, 0) is 6.42 Å². The number of rotatable bonds is 0. The van der Waals surface area contributed by atoms with Crippen molar-refractivity contribution in [1.29, 1.82) is 10.5 Å². The molecule has 3 rings (SSSR count). The van der Waals surface area contributed by atoms with Crippen LogP contribution in [0.3, 0.4) is 0 Å². The zero-order chi connectivity index (χ0) is 11.8. The lowest BCUT2D eigenvalue weighted by atomic mass is 10.00. The van der Waals surface area contributed by atoms with E-state index in [2.05, 4.69) is 12.1 Å². The molecule has 17 heavy (non-hydrogen) atoms. The summed E-state index contributed by atoms with van der Waals surface area (Å²) in [6.45, 7) is 0. The molecule has 0 aliphatic heterocycles. The molecule has 2 nitrogen and oxygen atoms in total. The summed E-state index contributed by atoms with van der Waals surface area (Å²) in [6, 6.07) is 15.8. The number of hydrogen-bond donors (Lipinski definition) is 0. The van der Waals surface area contributed by atoms with Gasteiger partial charge in [0.2, 0.25) is 0 Å². The quantitative estimate of drug-likeness (QED) is 0.580. The third kappa shape index (κ3) is 1.32. The zero-order valence-electron chi connectivity index (χ0n) is 9.07. The summed E-state index contributed by atoms with van der Waals surface area (Å²) in [4.78, 5) is 0. The Morgan fingerprint density at radius 1 is 0.941 bits per heavy atom. The van der Waals surface area contributed by atoms with Crippen molar-refractivity contribution in [3.8, 4) is 23.3 Å². The van der Waals surface area contributed by atoms with Gasteiger partial charge in [0.1, 0.15) is 0 Å². The van der Waals surface area contributed by atoms with Crippen molar-refractivity contribution in [1.82, 2.24) is 0 Å². The molecule has 0 heterocycles. The van der Waals surface area contributed by atoms with Crippen molar-refractivity contribution in [2.45, 2.75) is 6.42 Å². The predicted molar refractivity (Wildman–Crippen MR) is 64.1 cm³/mol. The monoisotopic (exact) mass is 216 g/mol. The van der Waals surface area contributed by atoms with Crippen molar-refractivity contribution < 1.29 is 0 Å². The lowest BCUT2D eigenvalue weighted by Crippen LogP contribution is -1.84. The molecule has 2 aromatic carbocycles. The fourth-order valence-corrected chi connectivity index (χ4v) is 2.42. The van der Waals surface area contributed by atoms with E-state index in [1.54, 1.807) is 0 Å². The van der Waals surface area contributed by atoms with Crippen molar-refractivity contribution in [3.63, 3.8) is 0 Å². The number of fused-ring (bicyclic) bond motifs is 3. The summed E-state index contributed by atoms with van der Waals surface area (Å²) in [6.07, 6.45) is 0.815. The Morgan fingerprint density at radius 3 is 2.59 bits per heavy atom. The maximum Gasteiger partial charge on any atom is 0.0998 e. The lowest BCUT2D eigenvalue weighted by molar-refractivity contribution is 1.26. The van der Waals surface area contributed by atoms with Gasteiger partial charge in [-0.1, -0.05) is 18.2 Å². The standard InChI is InChI=1S/C15H8N2/c16-8-10-4-5-14-13(6-10)7-11-2-1-3-12(9-17)15(11)14/h1-6H,7H2. The van der Waals surface area contributed by atoms with Crippen molar-refractivity contribution >= 4 is 0 Å². The number of benzene rings is 2. The molecule has 0 aromatic heterocycles. The second-order valence-corrected chi connectivity index (χ2v) is 4.11. The van der Waals surface area contributed by atoms with Gasteiger partial charge in [0.05, 0.1) is 23.3 Å². The Kier molecular flexibility index (Phi) is 1.97. The van der Waals surface area contributed by atoms with E-state index in [9.17, 15) is 0 Å². The largest absolute Gasteiger partial charge is 0.192 e.